The first-order valence-electron chi connectivity index (χ1n) is 8.04. The first kappa shape index (κ1) is 15.8. The molecule has 0 amide bonds. The highest BCUT2D eigenvalue weighted by atomic mass is 16.5. The lowest BCUT2D eigenvalue weighted by atomic mass is 10.0. The largest absolute Gasteiger partial charge is 0.477 e. The summed E-state index contributed by atoms with van der Waals surface area (Å²) in [5, 5.41) is 9.34. The van der Waals surface area contributed by atoms with Gasteiger partial charge in [-0.2, -0.15) is 0 Å². The predicted molar refractivity (Wildman–Crippen MR) is 82.0 cm³/mol. The van der Waals surface area contributed by atoms with Gasteiger partial charge < -0.3 is 9.84 Å². The van der Waals surface area contributed by atoms with Crippen molar-refractivity contribution in [3.8, 4) is 5.88 Å². The number of hydrogen-bond acceptors (Lipinski definition) is 3. The fourth-order valence-corrected chi connectivity index (χ4v) is 2.81. The molecule has 0 bridgehead atoms. The molecule has 1 atom stereocenters. The van der Waals surface area contributed by atoms with Crippen LogP contribution < -0.4 is 4.74 Å². The van der Waals surface area contributed by atoms with E-state index in [1.54, 1.807) is 6.07 Å². The third-order valence-corrected chi connectivity index (χ3v) is 4.25. The number of aromatic carboxylic acids is 1. The topological polar surface area (TPSA) is 59.4 Å². The number of nitrogens with zero attached hydrogens (tertiary/aromatic N) is 1. The van der Waals surface area contributed by atoms with Gasteiger partial charge in [0.1, 0.15) is 5.56 Å². The molecule has 0 aromatic carbocycles. The molecule has 1 aliphatic rings. The first-order chi connectivity index (χ1) is 10.2. The quantitative estimate of drug-likeness (QED) is 0.790. The van der Waals surface area contributed by atoms with Gasteiger partial charge in [-0.1, -0.05) is 33.1 Å². The molecule has 0 saturated carbocycles. The van der Waals surface area contributed by atoms with Crippen LogP contribution in [0.15, 0.2) is 6.07 Å². The molecular weight excluding hydrogens is 266 g/mol. The van der Waals surface area contributed by atoms with Crippen molar-refractivity contribution in [2.75, 3.05) is 6.61 Å². The number of rotatable bonds is 8. The molecule has 0 saturated heterocycles. The number of carboxylic acids is 1. The number of aryl methyl sites for hydroxylation is 2. The van der Waals surface area contributed by atoms with Crippen LogP contribution in [0.4, 0.5) is 0 Å². The van der Waals surface area contributed by atoms with Crippen LogP contribution in [0.3, 0.4) is 0 Å². The van der Waals surface area contributed by atoms with Crippen molar-refractivity contribution < 1.29 is 14.6 Å². The normalized spacial score (nSPS) is 14.8. The second kappa shape index (κ2) is 7.43. The number of ether oxygens (including phenoxy) is 1. The van der Waals surface area contributed by atoms with E-state index in [4.69, 9.17) is 4.74 Å². The average molecular weight is 291 g/mol. The van der Waals surface area contributed by atoms with E-state index in [-0.39, 0.29) is 5.56 Å². The number of unbranched alkanes of at least 4 members (excludes halogenated alkanes) is 1. The highest BCUT2D eigenvalue weighted by Gasteiger charge is 2.21. The van der Waals surface area contributed by atoms with E-state index in [0.717, 1.165) is 43.4 Å². The smallest absolute Gasteiger partial charge is 0.341 e. The van der Waals surface area contributed by atoms with Crippen molar-refractivity contribution in [3.05, 3.63) is 22.9 Å². The summed E-state index contributed by atoms with van der Waals surface area (Å²) in [4.78, 5) is 15.8. The minimum atomic E-state index is -0.950. The van der Waals surface area contributed by atoms with Gasteiger partial charge in [0.2, 0.25) is 5.88 Å². The highest BCUT2D eigenvalue weighted by Crippen LogP contribution is 2.27. The Morgan fingerprint density at radius 3 is 2.90 bits per heavy atom. The molecule has 1 N–H and O–H groups in total. The highest BCUT2D eigenvalue weighted by molar-refractivity contribution is 5.90. The Morgan fingerprint density at radius 2 is 2.24 bits per heavy atom. The maximum atomic E-state index is 11.4. The molecule has 4 nitrogen and oxygen atoms in total. The molecule has 0 spiro atoms. The summed E-state index contributed by atoms with van der Waals surface area (Å²) in [6.07, 6.45) is 7.45. The molecule has 2 rings (SSSR count). The number of fused-ring (bicyclic) bond motifs is 1. The van der Waals surface area contributed by atoms with Gasteiger partial charge in [-0.05, 0) is 43.2 Å². The van der Waals surface area contributed by atoms with E-state index < -0.39 is 5.97 Å². The lowest BCUT2D eigenvalue weighted by molar-refractivity contribution is 0.0689. The van der Waals surface area contributed by atoms with Crippen LogP contribution in [-0.4, -0.2) is 22.7 Å². The van der Waals surface area contributed by atoms with Crippen molar-refractivity contribution in [2.45, 2.75) is 58.8 Å². The average Bonchev–Trinajstić information content (AvgIpc) is 2.93. The van der Waals surface area contributed by atoms with Crippen molar-refractivity contribution >= 4 is 5.97 Å². The van der Waals surface area contributed by atoms with E-state index in [9.17, 15) is 9.90 Å². The molecule has 1 heterocycles. The van der Waals surface area contributed by atoms with Crippen LogP contribution in [0.2, 0.25) is 0 Å². The van der Waals surface area contributed by atoms with Gasteiger partial charge in [0.25, 0.3) is 0 Å². The lowest BCUT2D eigenvalue weighted by Gasteiger charge is -2.16. The van der Waals surface area contributed by atoms with Crippen LogP contribution >= 0.6 is 0 Å². The fraction of sp³-hybridized carbons (Fsp3) is 0.647. The molecule has 1 unspecified atom stereocenters. The molecule has 1 aromatic rings. The molecule has 0 aliphatic heterocycles. The van der Waals surface area contributed by atoms with Gasteiger partial charge in [0.05, 0.1) is 6.61 Å². The Morgan fingerprint density at radius 1 is 1.43 bits per heavy atom. The number of carboxylic acid groups (broad SMARTS) is 1. The number of hydrogen-bond donors (Lipinski definition) is 1. The second-order valence-corrected chi connectivity index (χ2v) is 5.83. The monoisotopic (exact) mass is 291 g/mol. The zero-order valence-electron chi connectivity index (χ0n) is 13.0. The Hall–Kier alpha value is -1.58. The summed E-state index contributed by atoms with van der Waals surface area (Å²) in [6.45, 7) is 4.89. The summed E-state index contributed by atoms with van der Waals surface area (Å²) in [5.74, 6) is -0.173. The minimum absolute atomic E-state index is 0.209. The van der Waals surface area contributed by atoms with Gasteiger partial charge in [0, 0.05) is 5.69 Å². The molecule has 4 heteroatoms. The third-order valence-electron chi connectivity index (χ3n) is 4.25. The van der Waals surface area contributed by atoms with Crippen LogP contribution in [0.1, 0.15) is 67.6 Å². The minimum Gasteiger partial charge on any atom is -0.477 e. The summed E-state index contributed by atoms with van der Waals surface area (Å²) >= 11 is 0. The zero-order valence-corrected chi connectivity index (χ0v) is 13.0. The van der Waals surface area contributed by atoms with Crippen molar-refractivity contribution in [1.82, 2.24) is 4.98 Å². The molecule has 1 aliphatic carbocycles. The Bertz CT molecular complexity index is 499. The molecule has 21 heavy (non-hydrogen) atoms. The lowest BCUT2D eigenvalue weighted by Crippen LogP contribution is -2.15. The third kappa shape index (κ3) is 3.96. The Kier molecular flexibility index (Phi) is 5.59. The fourth-order valence-electron chi connectivity index (χ4n) is 2.81. The summed E-state index contributed by atoms with van der Waals surface area (Å²) in [6, 6.07) is 1.75. The van der Waals surface area contributed by atoms with E-state index in [1.807, 2.05) is 0 Å². The van der Waals surface area contributed by atoms with Crippen LogP contribution in [0.25, 0.3) is 0 Å². The van der Waals surface area contributed by atoms with Crippen molar-refractivity contribution in [1.29, 1.82) is 0 Å². The maximum Gasteiger partial charge on any atom is 0.341 e. The number of pyridine rings is 1. The van der Waals surface area contributed by atoms with Gasteiger partial charge in [-0.15, -0.1) is 0 Å². The van der Waals surface area contributed by atoms with E-state index in [2.05, 4.69) is 18.8 Å². The van der Waals surface area contributed by atoms with E-state index in [1.165, 1.54) is 12.8 Å². The zero-order chi connectivity index (χ0) is 15.2. The van der Waals surface area contributed by atoms with Crippen molar-refractivity contribution in [2.24, 2.45) is 5.92 Å². The van der Waals surface area contributed by atoms with E-state index >= 15 is 0 Å². The van der Waals surface area contributed by atoms with Crippen LogP contribution in [-0.2, 0) is 12.8 Å². The van der Waals surface area contributed by atoms with Gasteiger partial charge >= 0.3 is 5.97 Å². The molecule has 116 valence electrons. The van der Waals surface area contributed by atoms with E-state index in [0.29, 0.717) is 18.4 Å². The molecule has 0 radical (unpaired) electrons. The Balaban J connectivity index is 2.09. The first-order valence-corrected chi connectivity index (χ1v) is 8.04. The van der Waals surface area contributed by atoms with Crippen LogP contribution in [0, 0.1) is 5.92 Å². The van der Waals surface area contributed by atoms with Gasteiger partial charge in [0.15, 0.2) is 0 Å². The molecule has 1 aromatic heterocycles. The maximum absolute atomic E-state index is 11.4. The number of aromatic nitrogens is 1. The standard InChI is InChI=1S/C17H25NO3/c1-3-5-7-12(4-2)11-21-16-14(17(19)20)10-13-8-6-9-15(13)18-16/h10,12H,3-9,11H2,1-2H3,(H,19,20). The molecular formula is C17H25NO3. The van der Waals surface area contributed by atoms with Crippen molar-refractivity contribution in [3.63, 3.8) is 0 Å². The van der Waals surface area contributed by atoms with Crippen LogP contribution in [0.5, 0.6) is 5.88 Å². The summed E-state index contributed by atoms with van der Waals surface area (Å²) in [5.41, 5.74) is 2.29. The van der Waals surface area contributed by atoms with Gasteiger partial charge in [-0.3, -0.25) is 0 Å². The number of carbonyl (C=O) groups is 1. The summed E-state index contributed by atoms with van der Waals surface area (Å²) < 4.78 is 5.78. The second-order valence-electron chi connectivity index (χ2n) is 5.83. The summed E-state index contributed by atoms with van der Waals surface area (Å²) in [7, 11) is 0. The molecule has 0 fully saturated rings. The SMILES string of the molecule is CCCCC(CC)COc1nc2c(cc1C(=O)O)CCC2. The Labute approximate surface area is 126 Å². The van der Waals surface area contributed by atoms with Gasteiger partial charge in [-0.25, -0.2) is 9.78 Å². The predicted octanol–water partition coefficient (Wildman–Crippen LogP) is 3.86.